The standard InChI is InChI=1S/C13H24O5/c1-5-6-7-15-8-9-10-11(12(14-4)16-9)18-13(2,3)17-10/h9-12H,5-8H2,1-4H3/t9-,10-,11-,12-/m1/s1. The SMILES string of the molecule is CCCCOC[C@H]1O[C@@H](OC)[C@@H]2OC(C)(C)O[C@@H]21. The average Bonchev–Trinajstić information content (AvgIpc) is 2.78. The molecule has 2 heterocycles. The molecule has 4 atom stereocenters. The van der Waals surface area contributed by atoms with E-state index in [1.165, 1.54) is 0 Å². The second kappa shape index (κ2) is 5.84. The maximum absolute atomic E-state index is 5.87. The molecule has 2 saturated heterocycles. The van der Waals surface area contributed by atoms with Gasteiger partial charge in [-0.3, -0.25) is 0 Å². The van der Waals surface area contributed by atoms with Gasteiger partial charge in [0.2, 0.25) is 0 Å². The molecule has 0 saturated carbocycles. The lowest BCUT2D eigenvalue weighted by atomic mass is 10.1. The molecule has 0 amide bonds. The molecular formula is C13H24O5. The minimum Gasteiger partial charge on any atom is -0.379 e. The highest BCUT2D eigenvalue weighted by atomic mass is 16.8. The van der Waals surface area contributed by atoms with Gasteiger partial charge in [-0.2, -0.15) is 0 Å². The molecule has 0 aliphatic carbocycles. The number of unbranched alkanes of at least 4 members (excludes halogenated alkanes) is 1. The summed E-state index contributed by atoms with van der Waals surface area (Å²) in [4.78, 5) is 0. The monoisotopic (exact) mass is 260 g/mol. The van der Waals surface area contributed by atoms with E-state index in [1.54, 1.807) is 7.11 Å². The largest absolute Gasteiger partial charge is 0.379 e. The normalized spacial score (nSPS) is 38.0. The Morgan fingerprint density at radius 3 is 2.56 bits per heavy atom. The topological polar surface area (TPSA) is 46.2 Å². The molecule has 2 fully saturated rings. The fourth-order valence-corrected chi connectivity index (χ4v) is 2.41. The molecule has 106 valence electrons. The van der Waals surface area contributed by atoms with Crippen molar-refractivity contribution < 1.29 is 23.7 Å². The number of ether oxygens (including phenoxy) is 5. The molecule has 2 aliphatic rings. The first-order chi connectivity index (χ1) is 8.57. The fourth-order valence-electron chi connectivity index (χ4n) is 2.41. The van der Waals surface area contributed by atoms with E-state index in [0.29, 0.717) is 6.61 Å². The maximum Gasteiger partial charge on any atom is 0.186 e. The van der Waals surface area contributed by atoms with Crippen LogP contribution in [0.3, 0.4) is 0 Å². The molecule has 0 unspecified atom stereocenters. The van der Waals surface area contributed by atoms with Crippen LogP contribution < -0.4 is 0 Å². The summed E-state index contributed by atoms with van der Waals surface area (Å²) in [6.45, 7) is 7.25. The summed E-state index contributed by atoms with van der Waals surface area (Å²) in [5.74, 6) is -0.572. The Labute approximate surface area is 109 Å². The van der Waals surface area contributed by atoms with Crippen molar-refractivity contribution in [1.82, 2.24) is 0 Å². The molecular weight excluding hydrogens is 236 g/mol. The molecule has 0 radical (unpaired) electrons. The molecule has 0 N–H and O–H groups in total. The molecule has 2 rings (SSSR count). The quantitative estimate of drug-likeness (QED) is 0.680. The summed E-state index contributed by atoms with van der Waals surface area (Å²) in [5.41, 5.74) is 0. The van der Waals surface area contributed by atoms with Crippen LogP contribution in [0.4, 0.5) is 0 Å². The van der Waals surface area contributed by atoms with Gasteiger partial charge in [0, 0.05) is 13.7 Å². The highest BCUT2D eigenvalue weighted by molar-refractivity contribution is 4.94. The molecule has 5 heteroatoms. The van der Waals surface area contributed by atoms with Crippen LogP contribution in [-0.4, -0.2) is 50.7 Å². The van der Waals surface area contributed by atoms with Gasteiger partial charge in [-0.25, -0.2) is 0 Å². The van der Waals surface area contributed by atoms with Gasteiger partial charge in [0.05, 0.1) is 6.61 Å². The van der Waals surface area contributed by atoms with Gasteiger partial charge in [0.15, 0.2) is 12.1 Å². The minimum atomic E-state index is -0.572. The van der Waals surface area contributed by atoms with Crippen LogP contribution in [0.1, 0.15) is 33.6 Å². The Morgan fingerprint density at radius 2 is 1.89 bits per heavy atom. The number of methoxy groups -OCH3 is 1. The van der Waals surface area contributed by atoms with Crippen LogP contribution in [0.2, 0.25) is 0 Å². The summed E-state index contributed by atoms with van der Waals surface area (Å²) in [6.07, 6.45) is 1.45. The summed E-state index contributed by atoms with van der Waals surface area (Å²) in [7, 11) is 1.62. The first-order valence-corrected chi connectivity index (χ1v) is 6.69. The fraction of sp³-hybridized carbons (Fsp3) is 1.00. The summed E-state index contributed by atoms with van der Waals surface area (Å²) >= 11 is 0. The number of rotatable bonds is 6. The zero-order valence-corrected chi connectivity index (χ0v) is 11.7. The summed E-state index contributed by atoms with van der Waals surface area (Å²) < 4.78 is 28.3. The third-order valence-corrected chi connectivity index (χ3v) is 3.26. The van der Waals surface area contributed by atoms with Crippen molar-refractivity contribution in [3.63, 3.8) is 0 Å². The van der Waals surface area contributed by atoms with Crippen molar-refractivity contribution in [3.05, 3.63) is 0 Å². The van der Waals surface area contributed by atoms with E-state index >= 15 is 0 Å². The van der Waals surface area contributed by atoms with Gasteiger partial charge in [-0.05, 0) is 20.3 Å². The Balaban J connectivity index is 1.88. The Morgan fingerprint density at radius 1 is 1.17 bits per heavy atom. The molecule has 0 bridgehead atoms. The van der Waals surface area contributed by atoms with Crippen LogP contribution in [0, 0.1) is 0 Å². The second-order valence-corrected chi connectivity index (χ2v) is 5.27. The minimum absolute atomic E-state index is 0.105. The maximum atomic E-state index is 5.87. The predicted molar refractivity (Wildman–Crippen MR) is 65.2 cm³/mol. The lowest BCUT2D eigenvalue weighted by molar-refractivity contribution is -0.231. The predicted octanol–water partition coefficient (Wildman–Crippen LogP) is 1.69. The average molecular weight is 260 g/mol. The first kappa shape index (κ1) is 14.2. The zero-order valence-electron chi connectivity index (χ0n) is 11.7. The van der Waals surface area contributed by atoms with Crippen molar-refractivity contribution >= 4 is 0 Å². The van der Waals surface area contributed by atoms with Gasteiger partial charge < -0.3 is 23.7 Å². The number of hydrogen-bond acceptors (Lipinski definition) is 5. The van der Waals surface area contributed by atoms with Crippen LogP contribution in [0.15, 0.2) is 0 Å². The van der Waals surface area contributed by atoms with Gasteiger partial charge in [-0.1, -0.05) is 13.3 Å². The van der Waals surface area contributed by atoms with Crippen molar-refractivity contribution in [2.45, 2.75) is 64.0 Å². The van der Waals surface area contributed by atoms with Gasteiger partial charge >= 0.3 is 0 Å². The summed E-state index contributed by atoms with van der Waals surface area (Å²) in [5, 5.41) is 0. The van der Waals surface area contributed by atoms with E-state index in [0.717, 1.165) is 19.4 Å². The Kier molecular flexibility index (Phi) is 4.61. The second-order valence-electron chi connectivity index (χ2n) is 5.27. The van der Waals surface area contributed by atoms with Gasteiger partial charge in [0.25, 0.3) is 0 Å². The van der Waals surface area contributed by atoms with Crippen LogP contribution in [-0.2, 0) is 23.7 Å². The lowest BCUT2D eigenvalue weighted by Gasteiger charge is -2.23. The van der Waals surface area contributed by atoms with E-state index < -0.39 is 5.79 Å². The van der Waals surface area contributed by atoms with E-state index in [-0.39, 0.29) is 24.6 Å². The molecule has 0 aromatic carbocycles. The van der Waals surface area contributed by atoms with Crippen molar-refractivity contribution in [2.75, 3.05) is 20.3 Å². The van der Waals surface area contributed by atoms with Crippen molar-refractivity contribution in [3.8, 4) is 0 Å². The molecule has 2 aliphatic heterocycles. The van der Waals surface area contributed by atoms with Crippen molar-refractivity contribution in [1.29, 1.82) is 0 Å². The third-order valence-electron chi connectivity index (χ3n) is 3.26. The Hall–Kier alpha value is -0.200. The molecule has 0 aromatic rings. The van der Waals surface area contributed by atoms with Crippen LogP contribution in [0.5, 0.6) is 0 Å². The lowest BCUT2D eigenvalue weighted by Crippen LogP contribution is -2.33. The van der Waals surface area contributed by atoms with E-state index in [9.17, 15) is 0 Å². The smallest absolute Gasteiger partial charge is 0.186 e. The van der Waals surface area contributed by atoms with Crippen LogP contribution in [0.25, 0.3) is 0 Å². The van der Waals surface area contributed by atoms with Gasteiger partial charge in [0.1, 0.15) is 18.3 Å². The highest BCUT2D eigenvalue weighted by Gasteiger charge is 2.55. The van der Waals surface area contributed by atoms with E-state index in [2.05, 4.69) is 6.92 Å². The highest BCUT2D eigenvalue weighted by Crippen LogP contribution is 2.38. The van der Waals surface area contributed by atoms with Crippen molar-refractivity contribution in [2.24, 2.45) is 0 Å². The molecule has 18 heavy (non-hydrogen) atoms. The first-order valence-electron chi connectivity index (χ1n) is 6.69. The number of hydrogen-bond donors (Lipinski definition) is 0. The Bertz CT molecular complexity index is 268. The third kappa shape index (κ3) is 3.03. The molecule has 5 nitrogen and oxygen atoms in total. The number of fused-ring (bicyclic) bond motifs is 1. The van der Waals surface area contributed by atoms with Gasteiger partial charge in [-0.15, -0.1) is 0 Å². The van der Waals surface area contributed by atoms with E-state index in [4.69, 9.17) is 23.7 Å². The molecule has 0 aromatic heterocycles. The summed E-state index contributed by atoms with van der Waals surface area (Å²) in [6, 6.07) is 0. The van der Waals surface area contributed by atoms with E-state index in [1.807, 2.05) is 13.8 Å². The zero-order chi connectivity index (χ0) is 13.2. The molecule has 0 spiro atoms. The van der Waals surface area contributed by atoms with Crippen LogP contribution >= 0.6 is 0 Å².